The van der Waals surface area contributed by atoms with Gasteiger partial charge in [0.15, 0.2) is 5.75 Å². The standard InChI is InChI=1S/C13H14N6O5/c1-3-24-10-5-8(4-9(11(10)20)19(22)23)6-14-17-13-15-12(21)7(2)16-18-13/h4-6,20H,3H2,1-2H3,(H2,15,17,18,21)/b14-6+. The number of benzene rings is 1. The van der Waals surface area contributed by atoms with E-state index in [9.17, 15) is 20.0 Å². The molecule has 0 atom stereocenters. The second kappa shape index (κ2) is 7.17. The monoisotopic (exact) mass is 334 g/mol. The van der Waals surface area contributed by atoms with Gasteiger partial charge in [-0.1, -0.05) is 0 Å². The van der Waals surface area contributed by atoms with Gasteiger partial charge in [0.05, 0.1) is 17.7 Å². The highest BCUT2D eigenvalue weighted by atomic mass is 16.6. The van der Waals surface area contributed by atoms with Gasteiger partial charge in [0.2, 0.25) is 11.7 Å². The Hall–Kier alpha value is -3.50. The van der Waals surface area contributed by atoms with Gasteiger partial charge in [0.1, 0.15) is 5.69 Å². The Balaban J connectivity index is 2.26. The number of hydrogen-bond donors (Lipinski definition) is 3. The summed E-state index contributed by atoms with van der Waals surface area (Å²) in [7, 11) is 0. The summed E-state index contributed by atoms with van der Waals surface area (Å²) in [4.78, 5) is 24.0. The van der Waals surface area contributed by atoms with Crippen LogP contribution in [-0.2, 0) is 0 Å². The van der Waals surface area contributed by atoms with Gasteiger partial charge in [-0.2, -0.15) is 5.10 Å². The SMILES string of the molecule is CCOc1cc(/C=N/Nc2nnc(C)c(=O)[nH]2)cc([N+](=O)[O-])c1O. The fourth-order valence-electron chi connectivity index (χ4n) is 1.70. The van der Waals surface area contributed by atoms with E-state index in [0.717, 1.165) is 6.07 Å². The van der Waals surface area contributed by atoms with Gasteiger partial charge in [-0.05, 0) is 19.9 Å². The Morgan fingerprint density at radius 2 is 2.25 bits per heavy atom. The maximum Gasteiger partial charge on any atom is 0.315 e. The normalized spacial score (nSPS) is 10.8. The van der Waals surface area contributed by atoms with Crippen molar-refractivity contribution < 1.29 is 14.8 Å². The summed E-state index contributed by atoms with van der Waals surface area (Å²) in [6.45, 7) is 3.41. The van der Waals surface area contributed by atoms with Crippen LogP contribution in [-0.4, -0.2) is 38.0 Å². The molecule has 0 aliphatic rings. The maximum absolute atomic E-state index is 11.4. The number of hydrazone groups is 1. The lowest BCUT2D eigenvalue weighted by Gasteiger charge is -2.07. The number of rotatable bonds is 6. The van der Waals surface area contributed by atoms with E-state index in [1.807, 2.05) is 0 Å². The molecule has 0 unspecified atom stereocenters. The molecule has 1 aromatic carbocycles. The minimum absolute atomic E-state index is 0.0140. The highest BCUT2D eigenvalue weighted by Gasteiger charge is 2.19. The molecular formula is C13H14N6O5. The van der Waals surface area contributed by atoms with Crippen molar-refractivity contribution in [2.75, 3.05) is 12.0 Å². The first kappa shape index (κ1) is 16.9. The van der Waals surface area contributed by atoms with E-state index in [1.165, 1.54) is 19.2 Å². The molecule has 0 spiro atoms. The lowest BCUT2D eigenvalue weighted by Crippen LogP contribution is -2.15. The third kappa shape index (κ3) is 3.82. The van der Waals surface area contributed by atoms with Gasteiger partial charge in [0.25, 0.3) is 5.56 Å². The topological polar surface area (TPSA) is 156 Å². The maximum atomic E-state index is 11.4. The Morgan fingerprint density at radius 1 is 1.50 bits per heavy atom. The number of aromatic hydroxyl groups is 1. The van der Waals surface area contributed by atoms with E-state index in [1.54, 1.807) is 6.92 Å². The van der Waals surface area contributed by atoms with Crippen molar-refractivity contribution in [1.29, 1.82) is 0 Å². The van der Waals surface area contributed by atoms with Crippen molar-refractivity contribution in [2.24, 2.45) is 5.10 Å². The smallest absolute Gasteiger partial charge is 0.315 e. The van der Waals surface area contributed by atoms with Crippen LogP contribution < -0.4 is 15.7 Å². The van der Waals surface area contributed by atoms with Crippen LogP contribution in [0.3, 0.4) is 0 Å². The Kier molecular flexibility index (Phi) is 5.04. The third-order valence-electron chi connectivity index (χ3n) is 2.82. The summed E-state index contributed by atoms with van der Waals surface area (Å²) in [5.74, 6) is -0.572. The first-order chi connectivity index (χ1) is 11.4. The van der Waals surface area contributed by atoms with Crippen LogP contribution in [0.1, 0.15) is 18.2 Å². The molecule has 1 aromatic heterocycles. The Labute approximate surface area is 135 Å². The summed E-state index contributed by atoms with van der Waals surface area (Å²) in [5, 5.41) is 31.9. The number of ether oxygens (including phenoxy) is 1. The second-order valence-corrected chi connectivity index (χ2v) is 4.54. The number of phenols is 1. The van der Waals surface area contributed by atoms with Crippen LogP contribution in [0, 0.1) is 17.0 Å². The number of phenolic OH excluding ortho intramolecular Hbond substituents is 1. The van der Waals surface area contributed by atoms with Gasteiger partial charge >= 0.3 is 5.69 Å². The average molecular weight is 334 g/mol. The molecule has 11 heteroatoms. The van der Waals surface area contributed by atoms with Crippen molar-refractivity contribution in [2.45, 2.75) is 13.8 Å². The van der Waals surface area contributed by atoms with Gasteiger partial charge in [-0.15, -0.1) is 10.2 Å². The molecule has 2 rings (SSSR count). The Morgan fingerprint density at radius 3 is 2.88 bits per heavy atom. The fraction of sp³-hybridized carbons (Fsp3) is 0.231. The van der Waals surface area contributed by atoms with E-state index in [0.29, 0.717) is 5.56 Å². The fourth-order valence-corrected chi connectivity index (χ4v) is 1.70. The molecule has 0 amide bonds. The summed E-state index contributed by atoms with van der Waals surface area (Å²) >= 11 is 0. The average Bonchev–Trinajstić information content (AvgIpc) is 2.53. The number of H-pyrrole nitrogens is 1. The number of nitro benzene ring substituents is 1. The van der Waals surface area contributed by atoms with Crippen molar-refractivity contribution in [3.8, 4) is 11.5 Å². The largest absolute Gasteiger partial charge is 0.500 e. The molecule has 3 N–H and O–H groups in total. The van der Waals surface area contributed by atoms with E-state index in [4.69, 9.17) is 4.74 Å². The molecule has 0 fully saturated rings. The van der Waals surface area contributed by atoms with Gasteiger partial charge in [0, 0.05) is 11.6 Å². The predicted molar refractivity (Wildman–Crippen MR) is 84.5 cm³/mol. The molecule has 1 heterocycles. The zero-order chi connectivity index (χ0) is 17.7. The minimum atomic E-state index is -0.731. The molecule has 0 aliphatic carbocycles. The zero-order valence-electron chi connectivity index (χ0n) is 12.8. The highest BCUT2D eigenvalue weighted by Crippen LogP contribution is 2.36. The molecule has 0 radical (unpaired) electrons. The van der Waals surface area contributed by atoms with Crippen LogP contribution >= 0.6 is 0 Å². The molecular weight excluding hydrogens is 320 g/mol. The summed E-state index contributed by atoms with van der Waals surface area (Å²) < 4.78 is 5.16. The number of aryl methyl sites for hydroxylation is 1. The van der Waals surface area contributed by atoms with E-state index in [2.05, 4.69) is 25.7 Å². The zero-order valence-corrected chi connectivity index (χ0v) is 12.8. The quantitative estimate of drug-likeness (QED) is 0.400. The highest BCUT2D eigenvalue weighted by molar-refractivity contribution is 5.83. The summed E-state index contributed by atoms with van der Waals surface area (Å²) in [6.07, 6.45) is 1.24. The number of anilines is 1. The van der Waals surface area contributed by atoms with Crippen molar-refractivity contribution in [3.63, 3.8) is 0 Å². The predicted octanol–water partition coefficient (Wildman–Crippen LogP) is 0.932. The van der Waals surface area contributed by atoms with Crippen LogP contribution in [0.4, 0.5) is 11.6 Å². The first-order valence-electron chi connectivity index (χ1n) is 6.79. The van der Waals surface area contributed by atoms with Gasteiger partial charge < -0.3 is 9.84 Å². The third-order valence-corrected chi connectivity index (χ3v) is 2.82. The van der Waals surface area contributed by atoms with Crippen LogP contribution in [0.2, 0.25) is 0 Å². The van der Waals surface area contributed by atoms with Crippen molar-refractivity contribution >= 4 is 17.9 Å². The molecule has 11 nitrogen and oxygen atoms in total. The van der Waals surface area contributed by atoms with Crippen LogP contribution in [0.25, 0.3) is 0 Å². The van der Waals surface area contributed by atoms with Crippen molar-refractivity contribution in [1.82, 2.24) is 15.2 Å². The van der Waals surface area contributed by atoms with Crippen LogP contribution in [0.5, 0.6) is 11.5 Å². The Bertz CT molecular complexity index is 847. The van der Waals surface area contributed by atoms with Crippen LogP contribution in [0.15, 0.2) is 22.0 Å². The number of nitrogens with zero attached hydrogens (tertiary/aromatic N) is 4. The van der Waals surface area contributed by atoms with E-state index >= 15 is 0 Å². The number of nitro groups is 1. The first-order valence-corrected chi connectivity index (χ1v) is 6.79. The lowest BCUT2D eigenvalue weighted by molar-refractivity contribution is -0.386. The number of aromatic amines is 1. The number of hydrogen-bond acceptors (Lipinski definition) is 9. The molecule has 126 valence electrons. The second-order valence-electron chi connectivity index (χ2n) is 4.54. The molecule has 0 aliphatic heterocycles. The molecule has 0 bridgehead atoms. The molecule has 0 saturated carbocycles. The molecule has 24 heavy (non-hydrogen) atoms. The minimum Gasteiger partial charge on any atom is -0.500 e. The number of nitrogens with one attached hydrogen (secondary N) is 2. The molecule has 2 aromatic rings. The van der Waals surface area contributed by atoms with E-state index in [-0.39, 0.29) is 24.0 Å². The van der Waals surface area contributed by atoms with Gasteiger partial charge in [-0.25, -0.2) is 5.43 Å². The summed E-state index contributed by atoms with van der Waals surface area (Å²) in [5.41, 5.74) is 2.03. The molecule has 0 saturated heterocycles. The lowest BCUT2D eigenvalue weighted by atomic mass is 10.2. The number of aromatic nitrogens is 3. The van der Waals surface area contributed by atoms with Crippen molar-refractivity contribution in [3.05, 3.63) is 43.9 Å². The van der Waals surface area contributed by atoms with Gasteiger partial charge in [-0.3, -0.25) is 19.9 Å². The van der Waals surface area contributed by atoms with E-state index < -0.39 is 21.9 Å². The summed E-state index contributed by atoms with van der Waals surface area (Å²) in [6, 6.07) is 2.52.